The number of nitrogens with zero attached hydrogens (tertiary/aromatic N) is 1. The van der Waals surface area contributed by atoms with Crippen molar-refractivity contribution in [1.82, 2.24) is 0 Å². The summed E-state index contributed by atoms with van der Waals surface area (Å²) in [5, 5.41) is 0. The second-order valence-electron chi connectivity index (χ2n) is 3.65. The fourth-order valence-electron chi connectivity index (χ4n) is 1.81. The lowest BCUT2D eigenvalue weighted by Crippen LogP contribution is -2.18. The zero-order valence-electron chi connectivity index (χ0n) is 9.53. The summed E-state index contributed by atoms with van der Waals surface area (Å²) in [4.78, 5) is 1.62. The first kappa shape index (κ1) is 11.6. The number of anilines is 2. The Morgan fingerprint density at radius 3 is 1.59 bits per heavy atom. The molecular formula is C14H13F2N. The zero-order chi connectivity index (χ0) is 12.3. The summed E-state index contributed by atoms with van der Waals surface area (Å²) in [6.07, 6.45) is 0. The smallest absolute Gasteiger partial charge is 0.146 e. The lowest BCUT2D eigenvalue weighted by atomic mass is 10.2. The Hall–Kier alpha value is -1.90. The van der Waals surface area contributed by atoms with Gasteiger partial charge in [0, 0.05) is 6.54 Å². The van der Waals surface area contributed by atoms with Gasteiger partial charge in [0.15, 0.2) is 0 Å². The van der Waals surface area contributed by atoms with E-state index in [0.717, 1.165) is 0 Å². The van der Waals surface area contributed by atoms with Crippen LogP contribution >= 0.6 is 0 Å². The van der Waals surface area contributed by atoms with E-state index in [9.17, 15) is 8.78 Å². The van der Waals surface area contributed by atoms with Crippen LogP contribution in [0, 0.1) is 11.6 Å². The van der Waals surface area contributed by atoms with Crippen LogP contribution in [-0.2, 0) is 0 Å². The average molecular weight is 233 g/mol. The Morgan fingerprint density at radius 1 is 0.824 bits per heavy atom. The van der Waals surface area contributed by atoms with E-state index in [0.29, 0.717) is 17.9 Å². The molecule has 1 nitrogen and oxygen atoms in total. The number of halogens is 2. The van der Waals surface area contributed by atoms with Gasteiger partial charge in [0.2, 0.25) is 0 Å². The van der Waals surface area contributed by atoms with Gasteiger partial charge in [-0.15, -0.1) is 0 Å². The predicted octanol–water partition coefficient (Wildman–Crippen LogP) is 4.12. The zero-order valence-corrected chi connectivity index (χ0v) is 9.53. The Morgan fingerprint density at radius 2 is 1.24 bits per heavy atom. The van der Waals surface area contributed by atoms with E-state index in [2.05, 4.69) is 0 Å². The van der Waals surface area contributed by atoms with Crippen molar-refractivity contribution in [3.05, 3.63) is 60.2 Å². The number of para-hydroxylation sites is 2. The van der Waals surface area contributed by atoms with Crippen molar-refractivity contribution in [3.8, 4) is 0 Å². The average Bonchev–Trinajstić information content (AvgIpc) is 2.34. The monoisotopic (exact) mass is 233 g/mol. The van der Waals surface area contributed by atoms with E-state index < -0.39 is 0 Å². The van der Waals surface area contributed by atoms with Gasteiger partial charge in [-0.1, -0.05) is 24.3 Å². The maximum absolute atomic E-state index is 13.7. The third-order valence-corrected chi connectivity index (χ3v) is 2.60. The summed E-state index contributed by atoms with van der Waals surface area (Å²) < 4.78 is 27.4. The largest absolute Gasteiger partial charge is 0.337 e. The molecule has 0 atom stereocenters. The van der Waals surface area contributed by atoms with Crippen LogP contribution in [0.15, 0.2) is 48.5 Å². The van der Waals surface area contributed by atoms with Gasteiger partial charge in [-0.05, 0) is 31.2 Å². The number of hydrogen-bond donors (Lipinski definition) is 0. The van der Waals surface area contributed by atoms with Crippen molar-refractivity contribution < 1.29 is 8.78 Å². The molecule has 0 unspecified atom stereocenters. The van der Waals surface area contributed by atoms with Crippen LogP contribution in [0.4, 0.5) is 20.2 Å². The number of benzene rings is 2. The normalized spacial score (nSPS) is 10.3. The third kappa shape index (κ3) is 2.28. The fourth-order valence-corrected chi connectivity index (χ4v) is 1.81. The second kappa shape index (κ2) is 4.95. The molecule has 0 aliphatic rings. The second-order valence-corrected chi connectivity index (χ2v) is 3.65. The van der Waals surface area contributed by atoms with Gasteiger partial charge in [0.05, 0.1) is 11.4 Å². The fraction of sp³-hybridized carbons (Fsp3) is 0.143. The van der Waals surface area contributed by atoms with Crippen LogP contribution in [-0.4, -0.2) is 6.54 Å². The predicted molar refractivity (Wildman–Crippen MR) is 65.5 cm³/mol. The van der Waals surface area contributed by atoms with Crippen molar-refractivity contribution in [2.75, 3.05) is 11.4 Å². The van der Waals surface area contributed by atoms with E-state index in [1.54, 1.807) is 41.3 Å². The molecule has 0 radical (unpaired) electrons. The van der Waals surface area contributed by atoms with E-state index in [-0.39, 0.29) is 11.6 Å². The van der Waals surface area contributed by atoms with Crippen LogP contribution in [0.5, 0.6) is 0 Å². The highest BCUT2D eigenvalue weighted by Crippen LogP contribution is 2.29. The van der Waals surface area contributed by atoms with E-state index in [4.69, 9.17) is 0 Å². The molecule has 0 aliphatic heterocycles. The molecule has 2 aromatic carbocycles. The quantitative estimate of drug-likeness (QED) is 0.770. The lowest BCUT2D eigenvalue weighted by Gasteiger charge is -2.24. The highest BCUT2D eigenvalue weighted by molar-refractivity contribution is 5.64. The maximum atomic E-state index is 13.7. The Labute approximate surface area is 99.3 Å². The first-order valence-corrected chi connectivity index (χ1v) is 5.50. The summed E-state index contributed by atoms with van der Waals surface area (Å²) in [6, 6.07) is 12.8. The highest BCUT2D eigenvalue weighted by Gasteiger charge is 2.14. The van der Waals surface area contributed by atoms with Gasteiger partial charge in [0.1, 0.15) is 11.6 Å². The van der Waals surface area contributed by atoms with E-state index >= 15 is 0 Å². The summed E-state index contributed by atoms with van der Waals surface area (Å²) in [7, 11) is 0. The molecule has 0 saturated heterocycles. The van der Waals surface area contributed by atoms with Crippen molar-refractivity contribution in [2.45, 2.75) is 6.92 Å². The van der Waals surface area contributed by atoms with Gasteiger partial charge < -0.3 is 4.90 Å². The number of rotatable bonds is 3. The minimum absolute atomic E-state index is 0.349. The molecule has 0 aromatic heterocycles. The standard InChI is InChI=1S/C14H13F2N/c1-2-17(13-9-5-3-7-11(13)15)14-10-6-4-8-12(14)16/h3-10H,2H2,1H3. The summed E-state index contributed by atoms with van der Waals surface area (Å²) >= 11 is 0. The molecule has 3 heteroatoms. The third-order valence-electron chi connectivity index (χ3n) is 2.60. The molecule has 0 fully saturated rings. The van der Waals surface area contributed by atoms with Crippen LogP contribution in [0.1, 0.15) is 6.92 Å². The first-order valence-electron chi connectivity index (χ1n) is 5.50. The highest BCUT2D eigenvalue weighted by atomic mass is 19.1. The minimum Gasteiger partial charge on any atom is -0.337 e. The molecular weight excluding hydrogens is 220 g/mol. The van der Waals surface area contributed by atoms with Crippen molar-refractivity contribution in [1.29, 1.82) is 0 Å². The summed E-state index contributed by atoms with van der Waals surface area (Å²) in [6.45, 7) is 2.36. The molecule has 0 heterocycles. The lowest BCUT2D eigenvalue weighted by molar-refractivity contribution is 0.614. The summed E-state index contributed by atoms with van der Waals surface area (Å²) in [5.74, 6) is -0.699. The van der Waals surface area contributed by atoms with Crippen LogP contribution in [0.3, 0.4) is 0 Å². The van der Waals surface area contributed by atoms with Gasteiger partial charge in [0.25, 0.3) is 0 Å². The van der Waals surface area contributed by atoms with Gasteiger partial charge in [-0.25, -0.2) is 8.78 Å². The molecule has 0 spiro atoms. The number of hydrogen-bond acceptors (Lipinski definition) is 1. The summed E-state index contributed by atoms with van der Waals surface area (Å²) in [5.41, 5.74) is 0.778. The van der Waals surface area contributed by atoms with Gasteiger partial charge in [-0.3, -0.25) is 0 Å². The Balaban J connectivity index is 2.48. The molecule has 17 heavy (non-hydrogen) atoms. The Kier molecular flexibility index (Phi) is 3.38. The van der Waals surface area contributed by atoms with Crippen LogP contribution in [0.2, 0.25) is 0 Å². The molecule has 0 saturated carbocycles. The molecule has 2 rings (SSSR count). The van der Waals surface area contributed by atoms with Crippen molar-refractivity contribution in [2.24, 2.45) is 0 Å². The van der Waals surface area contributed by atoms with Crippen LogP contribution < -0.4 is 4.90 Å². The molecule has 0 bridgehead atoms. The molecule has 0 amide bonds. The molecule has 0 N–H and O–H groups in total. The topological polar surface area (TPSA) is 3.24 Å². The minimum atomic E-state index is -0.349. The van der Waals surface area contributed by atoms with E-state index in [1.165, 1.54) is 12.1 Å². The van der Waals surface area contributed by atoms with Gasteiger partial charge >= 0.3 is 0 Å². The maximum Gasteiger partial charge on any atom is 0.146 e. The Bertz CT molecular complexity index is 466. The first-order chi connectivity index (χ1) is 8.24. The SMILES string of the molecule is CCN(c1ccccc1F)c1ccccc1F. The molecule has 0 aliphatic carbocycles. The molecule has 2 aromatic rings. The van der Waals surface area contributed by atoms with Crippen molar-refractivity contribution >= 4 is 11.4 Å². The van der Waals surface area contributed by atoms with E-state index in [1.807, 2.05) is 6.92 Å². The molecule has 88 valence electrons. The van der Waals surface area contributed by atoms with Crippen LogP contribution in [0.25, 0.3) is 0 Å². The van der Waals surface area contributed by atoms with Gasteiger partial charge in [-0.2, -0.15) is 0 Å². The van der Waals surface area contributed by atoms with Crippen molar-refractivity contribution in [3.63, 3.8) is 0 Å².